The van der Waals surface area contributed by atoms with E-state index in [1.807, 2.05) is 0 Å². The molecule has 0 unspecified atom stereocenters. The van der Waals surface area contributed by atoms with E-state index >= 15 is 0 Å². The molecule has 2 aliphatic rings. The Morgan fingerprint density at radius 2 is 0.907 bits per heavy atom. The van der Waals surface area contributed by atoms with Crippen molar-refractivity contribution in [3.63, 3.8) is 0 Å². The summed E-state index contributed by atoms with van der Waals surface area (Å²) in [5, 5.41) is 5.38. The van der Waals surface area contributed by atoms with E-state index in [9.17, 15) is 19.2 Å². The van der Waals surface area contributed by atoms with Gasteiger partial charge in [0.15, 0.2) is 0 Å². The van der Waals surface area contributed by atoms with Crippen LogP contribution in [0.3, 0.4) is 0 Å². The molecule has 0 radical (unpaired) electrons. The number of amides is 2. The molecular weight excluding hydrogens is 568 g/mol. The van der Waals surface area contributed by atoms with Crippen LogP contribution in [0.5, 0.6) is 0 Å². The molecule has 11 heteroatoms. The lowest BCUT2D eigenvalue weighted by Crippen LogP contribution is -2.62. The van der Waals surface area contributed by atoms with Crippen molar-refractivity contribution in [3.05, 3.63) is 0 Å². The van der Waals surface area contributed by atoms with Gasteiger partial charge in [0.05, 0.1) is 12.8 Å². The Labute approximate surface area is 264 Å². The van der Waals surface area contributed by atoms with Gasteiger partial charge in [0.25, 0.3) is 0 Å². The molecule has 0 saturated carbocycles. The standard InChI is InChI=1S/C32H58N4O6S/c1-29(2)19-23(20-30(3,4)35(29)15-11-25(37)33-9)41-27(39)13-17-43-18-14-28(40)42-24-21-31(5,6)36(32(7,8)22-24)16-12-26(38)34-10/h23-24H,11-22H2,1-10H3,(H,33,37)(H,34,38). The molecule has 2 heterocycles. The van der Waals surface area contributed by atoms with Gasteiger partial charge in [0, 0.05) is 99.4 Å². The van der Waals surface area contributed by atoms with Gasteiger partial charge in [-0.15, -0.1) is 0 Å². The van der Waals surface area contributed by atoms with Gasteiger partial charge < -0.3 is 20.1 Å². The van der Waals surface area contributed by atoms with Crippen LogP contribution in [0.25, 0.3) is 0 Å². The molecule has 43 heavy (non-hydrogen) atoms. The zero-order valence-electron chi connectivity index (χ0n) is 28.4. The molecule has 0 spiro atoms. The molecule has 2 saturated heterocycles. The number of ether oxygens (including phenoxy) is 2. The predicted molar refractivity (Wildman–Crippen MR) is 172 cm³/mol. The quantitative estimate of drug-likeness (QED) is 0.219. The maximum atomic E-state index is 12.7. The zero-order valence-corrected chi connectivity index (χ0v) is 29.2. The third kappa shape index (κ3) is 11.2. The largest absolute Gasteiger partial charge is 0.462 e. The van der Waals surface area contributed by atoms with Crippen molar-refractivity contribution in [1.29, 1.82) is 0 Å². The lowest BCUT2D eigenvalue weighted by Gasteiger charge is -2.55. The molecule has 248 valence electrons. The van der Waals surface area contributed by atoms with E-state index < -0.39 is 0 Å². The Bertz CT molecular complexity index is 871. The lowest BCUT2D eigenvalue weighted by molar-refractivity contribution is -0.161. The first-order valence-corrected chi connectivity index (χ1v) is 16.9. The topological polar surface area (TPSA) is 117 Å². The van der Waals surface area contributed by atoms with Crippen molar-refractivity contribution in [1.82, 2.24) is 20.4 Å². The first-order chi connectivity index (χ1) is 19.8. The van der Waals surface area contributed by atoms with Crippen LogP contribution in [0.4, 0.5) is 0 Å². The van der Waals surface area contributed by atoms with E-state index in [2.05, 4.69) is 75.8 Å². The third-order valence-corrected chi connectivity index (χ3v) is 10.00. The molecule has 0 aliphatic carbocycles. The second-order valence-electron chi connectivity index (χ2n) is 14.6. The van der Waals surface area contributed by atoms with Gasteiger partial charge in [0.2, 0.25) is 11.8 Å². The number of piperidine rings is 2. The van der Waals surface area contributed by atoms with E-state index in [-0.39, 0.29) is 58.1 Å². The third-order valence-electron chi connectivity index (χ3n) is 9.01. The second-order valence-corrected chi connectivity index (χ2v) is 15.8. The molecule has 2 rings (SSSR count). The summed E-state index contributed by atoms with van der Waals surface area (Å²) in [7, 11) is 3.31. The summed E-state index contributed by atoms with van der Waals surface area (Å²) in [6.07, 6.45) is 4.01. The van der Waals surface area contributed by atoms with Crippen LogP contribution < -0.4 is 10.6 Å². The lowest BCUT2D eigenvalue weighted by atomic mass is 9.78. The molecule has 2 N–H and O–H groups in total. The molecule has 0 atom stereocenters. The molecule has 0 aromatic rings. The summed E-state index contributed by atoms with van der Waals surface area (Å²) in [5.41, 5.74) is -0.824. The number of thioether (sulfide) groups is 1. The minimum atomic E-state index is -0.210. The zero-order chi connectivity index (χ0) is 32.6. The fraction of sp³-hybridized carbons (Fsp3) is 0.875. The van der Waals surface area contributed by atoms with Crippen LogP contribution in [-0.2, 0) is 28.7 Å². The minimum Gasteiger partial charge on any atom is -0.462 e. The number of hydrogen-bond donors (Lipinski definition) is 2. The van der Waals surface area contributed by atoms with E-state index in [0.717, 1.165) is 25.7 Å². The van der Waals surface area contributed by atoms with Crippen LogP contribution in [0, 0.1) is 0 Å². The van der Waals surface area contributed by atoms with Gasteiger partial charge >= 0.3 is 11.9 Å². The second kappa shape index (κ2) is 15.4. The number of carbonyl (C=O) groups is 4. The maximum Gasteiger partial charge on any atom is 0.306 e. The average molecular weight is 627 g/mol. The number of nitrogens with one attached hydrogen (secondary N) is 2. The number of esters is 2. The molecule has 10 nitrogen and oxygen atoms in total. The first kappa shape index (κ1) is 37.3. The predicted octanol–water partition coefficient (Wildman–Crippen LogP) is 3.90. The van der Waals surface area contributed by atoms with Crippen LogP contribution in [0.2, 0.25) is 0 Å². The van der Waals surface area contributed by atoms with Gasteiger partial charge in [-0.05, 0) is 55.4 Å². The highest BCUT2D eigenvalue weighted by molar-refractivity contribution is 7.99. The van der Waals surface area contributed by atoms with E-state index in [0.29, 0.717) is 50.3 Å². The smallest absolute Gasteiger partial charge is 0.306 e. The van der Waals surface area contributed by atoms with Crippen molar-refractivity contribution >= 4 is 35.5 Å². The van der Waals surface area contributed by atoms with Gasteiger partial charge in [-0.25, -0.2) is 0 Å². The fourth-order valence-electron chi connectivity index (χ4n) is 7.41. The maximum absolute atomic E-state index is 12.7. The van der Waals surface area contributed by atoms with E-state index in [4.69, 9.17) is 9.47 Å². The normalized spacial score (nSPS) is 22.0. The van der Waals surface area contributed by atoms with Gasteiger partial charge in [0.1, 0.15) is 12.2 Å². The van der Waals surface area contributed by atoms with Crippen molar-refractivity contribution in [2.24, 2.45) is 0 Å². The minimum absolute atomic E-state index is 0.0232. The molecule has 0 aromatic heterocycles. The van der Waals surface area contributed by atoms with Gasteiger partial charge in [-0.3, -0.25) is 29.0 Å². The molecule has 0 aromatic carbocycles. The Hall–Kier alpha value is -1.85. The monoisotopic (exact) mass is 626 g/mol. The summed E-state index contributed by atoms with van der Waals surface area (Å²) in [6.45, 7) is 18.5. The fourth-order valence-corrected chi connectivity index (χ4v) is 8.24. The summed E-state index contributed by atoms with van der Waals surface area (Å²) >= 11 is 1.56. The highest BCUT2D eigenvalue weighted by atomic mass is 32.2. The van der Waals surface area contributed by atoms with Crippen LogP contribution in [-0.4, -0.2) is 107 Å². The van der Waals surface area contributed by atoms with Gasteiger partial charge in [-0.2, -0.15) is 11.8 Å². The molecular formula is C32H58N4O6S. The van der Waals surface area contributed by atoms with Crippen LogP contribution >= 0.6 is 11.8 Å². The highest BCUT2D eigenvalue weighted by Gasteiger charge is 2.47. The molecule has 0 bridgehead atoms. The molecule has 2 fully saturated rings. The summed E-state index contributed by atoms with van der Waals surface area (Å²) < 4.78 is 11.8. The summed E-state index contributed by atoms with van der Waals surface area (Å²) in [4.78, 5) is 53.7. The Morgan fingerprint density at radius 3 is 1.19 bits per heavy atom. The summed E-state index contributed by atoms with van der Waals surface area (Å²) in [6, 6.07) is 0. The SMILES string of the molecule is CNC(=O)CCN1C(C)(C)CC(OC(=O)CCSCCC(=O)OC2CC(C)(C)N(CCC(=O)NC)C(C)(C)C2)CC1(C)C. The van der Waals surface area contributed by atoms with Crippen LogP contribution in [0.15, 0.2) is 0 Å². The average Bonchev–Trinajstić information content (AvgIpc) is 2.85. The highest BCUT2D eigenvalue weighted by Crippen LogP contribution is 2.41. The Balaban J connectivity index is 1.73. The molecule has 2 aliphatic heterocycles. The molecule has 2 amide bonds. The van der Waals surface area contributed by atoms with Crippen LogP contribution in [0.1, 0.15) is 107 Å². The number of rotatable bonds is 14. The van der Waals surface area contributed by atoms with Gasteiger partial charge in [-0.1, -0.05) is 0 Å². The van der Waals surface area contributed by atoms with E-state index in [1.54, 1.807) is 25.9 Å². The number of nitrogens with zero attached hydrogens (tertiary/aromatic N) is 2. The van der Waals surface area contributed by atoms with Crippen molar-refractivity contribution < 1.29 is 28.7 Å². The number of carbonyl (C=O) groups excluding carboxylic acids is 4. The summed E-state index contributed by atoms with van der Waals surface area (Å²) in [5.74, 6) is 0.808. The number of likely N-dealkylation sites (tertiary alicyclic amines) is 2. The van der Waals surface area contributed by atoms with Crippen molar-refractivity contribution in [2.75, 3.05) is 38.7 Å². The van der Waals surface area contributed by atoms with E-state index in [1.165, 1.54) is 0 Å². The van der Waals surface area contributed by atoms with Crippen molar-refractivity contribution in [2.45, 2.75) is 141 Å². The van der Waals surface area contributed by atoms with Crippen molar-refractivity contribution in [3.8, 4) is 0 Å². The first-order valence-electron chi connectivity index (χ1n) is 15.8. The number of hydrogen-bond acceptors (Lipinski definition) is 9. The Kier molecular flexibility index (Phi) is 13.4. The Morgan fingerprint density at radius 1 is 0.605 bits per heavy atom.